The largest absolute Gasteiger partial charge is 0.497 e. The molecule has 1 aliphatic heterocycles. The Morgan fingerprint density at radius 2 is 1.53 bits per heavy atom. The van der Waals surface area contributed by atoms with E-state index in [1.54, 1.807) is 12.0 Å². The Morgan fingerprint density at radius 3 is 2.15 bits per heavy atom. The van der Waals surface area contributed by atoms with Gasteiger partial charge in [0.2, 0.25) is 5.91 Å². The average Bonchev–Trinajstić information content (AvgIpc) is 3.13. The summed E-state index contributed by atoms with van der Waals surface area (Å²) in [7, 11) is 0.413. The van der Waals surface area contributed by atoms with Crippen LogP contribution in [0.2, 0.25) is 0 Å². The third kappa shape index (κ3) is 6.13. The third-order valence-electron chi connectivity index (χ3n) is 5.92. The lowest BCUT2D eigenvalue weighted by molar-refractivity contribution is -0.131. The summed E-state index contributed by atoms with van der Waals surface area (Å²) >= 11 is 0. The van der Waals surface area contributed by atoms with Crippen LogP contribution in [0.3, 0.4) is 0 Å². The molecule has 0 unspecified atom stereocenters. The van der Waals surface area contributed by atoms with Gasteiger partial charge < -0.3 is 14.5 Å². The Balaban J connectivity index is 1.55. The van der Waals surface area contributed by atoms with Crippen molar-refractivity contribution in [3.05, 3.63) is 59.7 Å². The first-order valence-corrected chi connectivity index (χ1v) is 12.5. The van der Waals surface area contributed by atoms with E-state index in [0.29, 0.717) is 51.0 Å². The number of benzene rings is 2. The summed E-state index contributed by atoms with van der Waals surface area (Å²) in [6, 6.07) is 13.5. The molecule has 0 saturated carbocycles. The number of amides is 2. The van der Waals surface area contributed by atoms with Crippen molar-refractivity contribution in [3.8, 4) is 5.75 Å². The lowest BCUT2D eigenvalue weighted by Crippen LogP contribution is -2.37. The van der Waals surface area contributed by atoms with E-state index in [-0.39, 0.29) is 16.7 Å². The minimum atomic E-state index is -3.77. The Bertz CT molecular complexity index is 1090. The molecule has 34 heavy (non-hydrogen) atoms. The molecule has 184 valence electrons. The zero-order valence-electron chi connectivity index (χ0n) is 19.8. The topological polar surface area (TPSA) is 96.5 Å². The highest BCUT2D eigenvalue weighted by atomic mass is 32.2. The van der Waals surface area contributed by atoms with Crippen LogP contribution in [0.15, 0.2) is 53.4 Å². The summed E-state index contributed by atoms with van der Waals surface area (Å²) in [5, 5.41) is 0. The smallest absolute Gasteiger partial charge is 0.264 e. The number of hydroxylamine groups is 1. The van der Waals surface area contributed by atoms with E-state index in [1.165, 1.54) is 38.4 Å². The van der Waals surface area contributed by atoms with E-state index in [1.807, 2.05) is 29.2 Å². The van der Waals surface area contributed by atoms with E-state index >= 15 is 0 Å². The second kappa shape index (κ2) is 11.5. The van der Waals surface area contributed by atoms with E-state index in [0.717, 1.165) is 15.8 Å². The maximum Gasteiger partial charge on any atom is 0.264 e. The second-order valence-corrected chi connectivity index (χ2v) is 9.93. The SMILES string of the molecule is COc1ccc(CCC(=O)N2CCCN(C(=O)c3ccc(S(=O)(=O)N(C)OC)cc3)CC2)cc1. The quantitative estimate of drug-likeness (QED) is 0.528. The molecule has 1 heterocycles. The minimum Gasteiger partial charge on any atom is -0.497 e. The molecule has 0 radical (unpaired) electrons. The van der Waals surface area contributed by atoms with Gasteiger partial charge in [0, 0.05) is 45.2 Å². The molecular formula is C24H31N3O6S. The predicted molar refractivity (Wildman–Crippen MR) is 127 cm³/mol. The van der Waals surface area contributed by atoms with Gasteiger partial charge in [0.05, 0.1) is 19.1 Å². The van der Waals surface area contributed by atoms with Crippen LogP contribution in [-0.2, 0) is 26.1 Å². The van der Waals surface area contributed by atoms with Crippen LogP contribution < -0.4 is 4.74 Å². The number of hydrogen-bond donors (Lipinski definition) is 0. The summed E-state index contributed by atoms with van der Waals surface area (Å²) in [6.45, 7) is 2.04. The Kier molecular flexibility index (Phi) is 8.65. The van der Waals surface area contributed by atoms with Crippen LogP contribution in [0.4, 0.5) is 0 Å². The number of carbonyl (C=O) groups is 2. The zero-order valence-corrected chi connectivity index (χ0v) is 20.6. The van der Waals surface area contributed by atoms with Crippen LogP contribution >= 0.6 is 0 Å². The molecule has 9 nitrogen and oxygen atoms in total. The van der Waals surface area contributed by atoms with Gasteiger partial charge in [-0.05, 0) is 54.8 Å². The molecule has 2 amide bonds. The van der Waals surface area contributed by atoms with Crippen molar-refractivity contribution in [2.45, 2.75) is 24.2 Å². The molecule has 0 spiro atoms. The number of carbonyl (C=O) groups excluding carboxylic acids is 2. The Morgan fingerprint density at radius 1 is 0.912 bits per heavy atom. The normalized spacial score (nSPS) is 14.7. The Hall–Kier alpha value is -2.95. The molecule has 0 bridgehead atoms. The lowest BCUT2D eigenvalue weighted by atomic mass is 10.1. The molecular weight excluding hydrogens is 458 g/mol. The van der Waals surface area contributed by atoms with Gasteiger partial charge in [-0.3, -0.25) is 14.4 Å². The monoisotopic (exact) mass is 489 g/mol. The standard InChI is InChI=1S/C24H31N3O6S/c1-25(33-3)34(30,31)22-12-8-20(9-13-22)24(29)27-16-4-15-26(17-18-27)23(28)14-7-19-5-10-21(32-2)11-6-19/h5-6,8-13H,4,7,14-18H2,1-3H3. The molecule has 2 aromatic rings. The van der Waals surface area contributed by atoms with Gasteiger partial charge in [0.25, 0.3) is 15.9 Å². The van der Waals surface area contributed by atoms with Crippen molar-refractivity contribution in [1.82, 2.24) is 14.3 Å². The summed E-state index contributed by atoms with van der Waals surface area (Å²) in [4.78, 5) is 34.0. The van der Waals surface area contributed by atoms with Crippen molar-refractivity contribution in [1.29, 1.82) is 0 Å². The minimum absolute atomic E-state index is 0.0397. The lowest BCUT2D eigenvalue weighted by Gasteiger charge is -2.22. The number of methoxy groups -OCH3 is 1. The van der Waals surface area contributed by atoms with E-state index in [9.17, 15) is 18.0 Å². The summed E-state index contributed by atoms with van der Waals surface area (Å²) in [5.74, 6) is 0.671. The molecule has 1 fully saturated rings. The summed E-state index contributed by atoms with van der Waals surface area (Å²) in [6.07, 6.45) is 1.74. The van der Waals surface area contributed by atoms with Gasteiger partial charge >= 0.3 is 0 Å². The molecule has 0 atom stereocenters. The molecule has 0 aromatic heterocycles. The van der Waals surface area contributed by atoms with E-state index in [2.05, 4.69) is 0 Å². The van der Waals surface area contributed by atoms with Crippen LogP contribution in [0.5, 0.6) is 5.75 Å². The van der Waals surface area contributed by atoms with Gasteiger partial charge in [-0.25, -0.2) is 8.42 Å². The number of ether oxygens (including phenoxy) is 1. The first-order valence-electron chi connectivity index (χ1n) is 11.1. The molecule has 2 aromatic carbocycles. The first-order chi connectivity index (χ1) is 16.3. The van der Waals surface area contributed by atoms with Crippen molar-refractivity contribution in [2.75, 3.05) is 47.4 Å². The predicted octanol–water partition coefficient (Wildman–Crippen LogP) is 2.18. The maximum atomic E-state index is 13.0. The fourth-order valence-corrected chi connectivity index (χ4v) is 4.74. The highest BCUT2D eigenvalue weighted by molar-refractivity contribution is 7.89. The molecule has 1 aliphatic rings. The number of aryl methyl sites for hydroxylation is 1. The number of nitrogens with zero attached hydrogens (tertiary/aromatic N) is 3. The third-order valence-corrected chi connectivity index (χ3v) is 7.61. The first kappa shape index (κ1) is 25.7. The van der Waals surface area contributed by atoms with Gasteiger partial charge in [0.15, 0.2) is 0 Å². The maximum absolute atomic E-state index is 13.0. The summed E-state index contributed by atoms with van der Waals surface area (Å²) in [5.41, 5.74) is 1.47. The second-order valence-electron chi connectivity index (χ2n) is 8.00. The van der Waals surface area contributed by atoms with Crippen LogP contribution in [0.1, 0.15) is 28.8 Å². The van der Waals surface area contributed by atoms with Gasteiger partial charge in [0.1, 0.15) is 5.75 Å². The van der Waals surface area contributed by atoms with Gasteiger partial charge in [-0.1, -0.05) is 16.6 Å². The highest BCUT2D eigenvalue weighted by Crippen LogP contribution is 2.18. The van der Waals surface area contributed by atoms with Crippen molar-refractivity contribution in [3.63, 3.8) is 0 Å². The zero-order chi connectivity index (χ0) is 24.7. The van der Waals surface area contributed by atoms with Crippen LogP contribution in [0, 0.1) is 0 Å². The fourth-order valence-electron chi connectivity index (χ4n) is 3.77. The van der Waals surface area contributed by atoms with E-state index < -0.39 is 10.0 Å². The van der Waals surface area contributed by atoms with Crippen molar-refractivity contribution in [2.24, 2.45) is 0 Å². The van der Waals surface area contributed by atoms with Gasteiger partial charge in [-0.2, -0.15) is 0 Å². The highest BCUT2D eigenvalue weighted by Gasteiger charge is 2.24. The van der Waals surface area contributed by atoms with Crippen LogP contribution in [0.25, 0.3) is 0 Å². The molecule has 3 rings (SSSR count). The summed E-state index contributed by atoms with van der Waals surface area (Å²) < 4.78 is 30.6. The van der Waals surface area contributed by atoms with E-state index in [4.69, 9.17) is 9.57 Å². The van der Waals surface area contributed by atoms with Crippen molar-refractivity contribution >= 4 is 21.8 Å². The molecule has 0 aliphatic carbocycles. The number of hydrogen-bond acceptors (Lipinski definition) is 6. The average molecular weight is 490 g/mol. The van der Waals surface area contributed by atoms with Crippen molar-refractivity contribution < 1.29 is 27.6 Å². The molecule has 10 heteroatoms. The Labute approximate surface area is 200 Å². The molecule has 1 saturated heterocycles. The molecule has 0 N–H and O–H groups in total. The number of sulfonamides is 1. The van der Waals surface area contributed by atoms with Gasteiger partial charge in [-0.15, -0.1) is 0 Å². The fraction of sp³-hybridized carbons (Fsp3) is 0.417. The van der Waals surface area contributed by atoms with Crippen LogP contribution in [-0.4, -0.2) is 81.9 Å². The number of rotatable bonds is 8.